The Balaban J connectivity index is 1.76. The number of amides is 2. The van der Waals surface area contributed by atoms with Crippen LogP contribution in [-0.4, -0.2) is 78.6 Å². The van der Waals surface area contributed by atoms with E-state index in [9.17, 15) is 24.3 Å². The van der Waals surface area contributed by atoms with Crippen LogP contribution in [0.3, 0.4) is 0 Å². The van der Waals surface area contributed by atoms with Crippen molar-refractivity contribution in [1.82, 2.24) is 20.4 Å². The van der Waals surface area contributed by atoms with Crippen molar-refractivity contribution in [3.05, 3.63) is 17.1 Å². The molecule has 154 valence electrons. The van der Waals surface area contributed by atoms with E-state index in [0.29, 0.717) is 0 Å². The predicted octanol–water partition coefficient (Wildman–Crippen LogP) is -1.87. The Bertz CT molecular complexity index is 956. The number of carboxylic acids is 1. The number of rotatable bonds is 6. The standard InChI is InChI=1S/C14H14N6O8S/c1-4(21)27-2-5-3-29-12-7(11(23)20(12)8(5)13(24)25)16-10(22)6(18-26)9-17-14(15)28-19-9/h7,12,26H,2-3H2,1H3,(H,16,22)(H,24,25)(H2,15,17,19)/t7?,12-/m0/s1. The van der Waals surface area contributed by atoms with E-state index in [1.54, 1.807) is 0 Å². The highest BCUT2D eigenvalue weighted by molar-refractivity contribution is 8.00. The van der Waals surface area contributed by atoms with E-state index >= 15 is 0 Å². The second kappa shape index (κ2) is 7.78. The molecule has 29 heavy (non-hydrogen) atoms. The van der Waals surface area contributed by atoms with Crippen LogP contribution in [0.15, 0.2) is 20.9 Å². The Kier molecular flexibility index (Phi) is 5.40. The Morgan fingerprint density at radius 1 is 1.48 bits per heavy atom. The Morgan fingerprint density at radius 3 is 2.76 bits per heavy atom. The summed E-state index contributed by atoms with van der Waals surface area (Å²) in [5.41, 5.74) is 4.58. The molecule has 2 aliphatic rings. The smallest absolute Gasteiger partial charge is 0.352 e. The summed E-state index contributed by atoms with van der Waals surface area (Å²) < 4.78 is 9.34. The van der Waals surface area contributed by atoms with Gasteiger partial charge in [0.1, 0.15) is 23.7 Å². The number of carboxylic acid groups (broad SMARTS) is 1. The van der Waals surface area contributed by atoms with Crippen LogP contribution < -0.4 is 11.1 Å². The molecule has 1 fully saturated rings. The summed E-state index contributed by atoms with van der Waals surface area (Å²) in [6, 6.07) is -1.45. The van der Waals surface area contributed by atoms with E-state index < -0.39 is 46.7 Å². The molecule has 0 aliphatic carbocycles. The molecule has 5 N–H and O–H groups in total. The molecule has 2 aliphatic heterocycles. The lowest BCUT2D eigenvalue weighted by atomic mass is 10.0. The first-order chi connectivity index (χ1) is 13.7. The largest absolute Gasteiger partial charge is 0.477 e. The molecule has 1 aromatic heterocycles. The zero-order chi connectivity index (χ0) is 21.3. The Hall–Kier alpha value is -3.62. The number of hydrogen-bond donors (Lipinski definition) is 4. The normalized spacial score (nSPS) is 21.3. The molecule has 3 rings (SSSR count). The third kappa shape index (κ3) is 3.71. The number of anilines is 1. The van der Waals surface area contributed by atoms with Crippen LogP contribution in [0, 0.1) is 0 Å². The number of hydrogen-bond acceptors (Lipinski definition) is 12. The van der Waals surface area contributed by atoms with Gasteiger partial charge in [0.2, 0.25) is 11.5 Å². The van der Waals surface area contributed by atoms with Crippen molar-refractivity contribution in [3.8, 4) is 0 Å². The molecule has 1 unspecified atom stereocenters. The zero-order valence-electron chi connectivity index (χ0n) is 14.7. The summed E-state index contributed by atoms with van der Waals surface area (Å²) in [5.74, 6) is -3.87. The summed E-state index contributed by atoms with van der Waals surface area (Å²) in [6.45, 7) is 0.913. The molecule has 2 atom stereocenters. The zero-order valence-corrected chi connectivity index (χ0v) is 15.5. The number of oxime groups is 1. The average molecular weight is 426 g/mol. The van der Waals surface area contributed by atoms with E-state index in [1.807, 2.05) is 0 Å². The van der Waals surface area contributed by atoms with Gasteiger partial charge in [0.15, 0.2) is 0 Å². The number of nitrogens with zero attached hydrogens (tertiary/aromatic N) is 4. The van der Waals surface area contributed by atoms with Crippen molar-refractivity contribution in [1.29, 1.82) is 0 Å². The van der Waals surface area contributed by atoms with Crippen molar-refractivity contribution in [3.63, 3.8) is 0 Å². The third-order valence-electron chi connectivity index (χ3n) is 3.95. The lowest BCUT2D eigenvalue weighted by molar-refractivity contribution is -0.150. The number of carbonyl (C=O) groups excluding carboxylic acids is 3. The van der Waals surface area contributed by atoms with Crippen LogP contribution >= 0.6 is 11.8 Å². The van der Waals surface area contributed by atoms with Gasteiger partial charge in [-0.1, -0.05) is 10.3 Å². The minimum absolute atomic E-state index is 0.165. The lowest BCUT2D eigenvalue weighted by Gasteiger charge is -2.49. The average Bonchev–Trinajstić information content (AvgIpc) is 3.09. The molecule has 1 saturated heterocycles. The highest BCUT2D eigenvalue weighted by Gasteiger charge is 2.54. The second-order valence-corrected chi connectivity index (χ2v) is 6.91. The van der Waals surface area contributed by atoms with Gasteiger partial charge in [0.25, 0.3) is 11.8 Å². The van der Waals surface area contributed by atoms with Crippen LogP contribution in [0.1, 0.15) is 12.7 Å². The number of carbonyl (C=O) groups is 4. The van der Waals surface area contributed by atoms with Gasteiger partial charge >= 0.3 is 18.0 Å². The summed E-state index contributed by atoms with van der Waals surface area (Å²) in [6.07, 6.45) is 0. The number of thioether (sulfide) groups is 1. The maximum absolute atomic E-state index is 12.5. The molecular weight excluding hydrogens is 412 g/mol. The fourth-order valence-electron chi connectivity index (χ4n) is 2.72. The number of nitrogens with two attached hydrogens (primary N) is 1. The number of nitrogen functional groups attached to an aromatic ring is 1. The molecule has 0 spiro atoms. The van der Waals surface area contributed by atoms with Gasteiger partial charge in [0, 0.05) is 18.2 Å². The van der Waals surface area contributed by atoms with Crippen LogP contribution in [0.4, 0.5) is 6.01 Å². The van der Waals surface area contributed by atoms with Gasteiger partial charge in [-0.2, -0.15) is 4.98 Å². The van der Waals surface area contributed by atoms with E-state index in [1.165, 1.54) is 18.7 Å². The first kappa shape index (κ1) is 20.1. The number of esters is 1. The van der Waals surface area contributed by atoms with Gasteiger partial charge in [-0.05, 0) is 0 Å². The van der Waals surface area contributed by atoms with Crippen molar-refractivity contribution >= 4 is 47.2 Å². The van der Waals surface area contributed by atoms with Gasteiger partial charge in [-0.25, -0.2) is 4.79 Å². The molecular formula is C14H14N6O8S. The van der Waals surface area contributed by atoms with Crippen molar-refractivity contribution in [2.75, 3.05) is 18.1 Å². The summed E-state index contributed by atoms with van der Waals surface area (Å²) >= 11 is 1.17. The fraction of sp³-hybridized carbons (Fsp3) is 0.357. The van der Waals surface area contributed by atoms with Crippen LogP contribution in [0.2, 0.25) is 0 Å². The van der Waals surface area contributed by atoms with E-state index in [-0.39, 0.29) is 29.6 Å². The fourth-order valence-corrected chi connectivity index (χ4v) is 4.04. The third-order valence-corrected chi connectivity index (χ3v) is 5.29. The Labute approximate surface area is 165 Å². The maximum atomic E-state index is 12.5. The molecule has 0 saturated carbocycles. The van der Waals surface area contributed by atoms with Crippen molar-refractivity contribution in [2.45, 2.75) is 18.3 Å². The predicted molar refractivity (Wildman–Crippen MR) is 93.4 cm³/mol. The quantitative estimate of drug-likeness (QED) is 0.130. The molecule has 14 nitrogen and oxygen atoms in total. The van der Waals surface area contributed by atoms with E-state index in [0.717, 1.165) is 4.90 Å². The summed E-state index contributed by atoms with van der Waals surface area (Å²) in [7, 11) is 0. The molecule has 3 heterocycles. The van der Waals surface area contributed by atoms with Crippen LogP contribution in [0.5, 0.6) is 0 Å². The van der Waals surface area contributed by atoms with Gasteiger partial charge in [-0.15, -0.1) is 11.8 Å². The lowest BCUT2D eigenvalue weighted by Crippen LogP contribution is -2.71. The number of ether oxygens (including phenoxy) is 1. The topological polar surface area (TPSA) is 211 Å². The first-order valence-corrected chi connectivity index (χ1v) is 8.95. The number of aromatic nitrogens is 2. The maximum Gasteiger partial charge on any atom is 0.352 e. The van der Waals surface area contributed by atoms with Gasteiger partial charge in [0.05, 0.1) is 0 Å². The molecule has 0 bridgehead atoms. The Morgan fingerprint density at radius 2 is 2.21 bits per heavy atom. The highest BCUT2D eigenvalue weighted by atomic mass is 32.2. The van der Waals surface area contributed by atoms with Crippen molar-refractivity contribution < 1.29 is 38.8 Å². The van der Waals surface area contributed by atoms with E-state index in [2.05, 4.69) is 25.1 Å². The number of fused-ring (bicyclic) bond motifs is 1. The van der Waals surface area contributed by atoms with Crippen LogP contribution in [-0.2, 0) is 23.9 Å². The highest BCUT2D eigenvalue weighted by Crippen LogP contribution is 2.40. The molecule has 0 aromatic carbocycles. The number of aliphatic carboxylic acids is 1. The molecule has 1 aromatic rings. The molecule has 15 heteroatoms. The van der Waals surface area contributed by atoms with Crippen molar-refractivity contribution in [2.24, 2.45) is 5.16 Å². The SMILES string of the molecule is CC(=O)OCC1=C(C(=O)O)N2C(=O)C(NC(=O)C(=NO)c3noc(N)n3)[C@@H]2SC1. The first-order valence-electron chi connectivity index (χ1n) is 7.90. The number of nitrogens with one attached hydrogen (secondary N) is 1. The minimum Gasteiger partial charge on any atom is -0.477 e. The summed E-state index contributed by atoms with van der Waals surface area (Å²) in [5, 5.41) is 26.3. The minimum atomic E-state index is -1.37. The monoisotopic (exact) mass is 426 g/mol. The van der Waals surface area contributed by atoms with Gasteiger partial charge < -0.3 is 30.6 Å². The molecule has 0 radical (unpaired) electrons. The van der Waals surface area contributed by atoms with Gasteiger partial charge in [-0.3, -0.25) is 19.3 Å². The van der Waals surface area contributed by atoms with Crippen LogP contribution in [0.25, 0.3) is 0 Å². The molecule has 2 amide bonds. The van der Waals surface area contributed by atoms with E-state index in [4.69, 9.17) is 15.7 Å². The second-order valence-electron chi connectivity index (χ2n) is 5.80. The summed E-state index contributed by atoms with van der Waals surface area (Å²) in [4.78, 5) is 52.0. The number of β-lactam (4-membered cyclic amide) rings is 1.